The lowest BCUT2D eigenvalue weighted by Gasteiger charge is -2.06. The van der Waals surface area contributed by atoms with Crippen molar-refractivity contribution < 1.29 is 13.9 Å². The average Bonchev–Trinajstić information content (AvgIpc) is 2.42. The number of benzene rings is 2. The lowest BCUT2D eigenvalue weighted by atomic mass is 10.0. The number of hydrogen-bond acceptors (Lipinski definition) is 2. The van der Waals surface area contributed by atoms with Gasteiger partial charge in [-0.15, -0.1) is 0 Å². The topological polar surface area (TPSA) is 26.3 Å². The lowest BCUT2D eigenvalue weighted by Crippen LogP contribution is -2.05. The summed E-state index contributed by atoms with van der Waals surface area (Å²) in [6, 6.07) is 13.7. The van der Waals surface area contributed by atoms with Crippen LogP contribution >= 0.6 is 0 Å². The highest BCUT2D eigenvalue weighted by Crippen LogP contribution is 2.21. The standard InChI is InChI=1S/C15H13FO2/c1-18-14-9-5-8-12(15(14)16)10-13(17)11-6-3-2-4-7-11/h2-9H,10H2,1H3. The van der Waals surface area contributed by atoms with Crippen LogP contribution in [0.3, 0.4) is 0 Å². The molecule has 0 radical (unpaired) electrons. The van der Waals surface area contributed by atoms with Gasteiger partial charge >= 0.3 is 0 Å². The Bertz CT molecular complexity index is 550. The van der Waals surface area contributed by atoms with Gasteiger partial charge in [0, 0.05) is 12.0 Å². The third kappa shape index (κ3) is 2.56. The molecule has 0 aliphatic rings. The van der Waals surface area contributed by atoms with Crippen molar-refractivity contribution in [3.05, 3.63) is 65.5 Å². The van der Waals surface area contributed by atoms with Gasteiger partial charge in [-0.1, -0.05) is 42.5 Å². The number of Topliss-reactive ketones (excluding diaryl/α,β-unsaturated/α-hetero) is 1. The van der Waals surface area contributed by atoms with Crippen molar-refractivity contribution >= 4 is 5.78 Å². The molecule has 0 bridgehead atoms. The molecule has 0 spiro atoms. The van der Waals surface area contributed by atoms with Gasteiger partial charge in [0.05, 0.1) is 7.11 Å². The summed E-state index contributed by atoms with van der Waals surface area (Å²) in [6.45, 7) is 0. The minimum absolute atomic E-state index is 0.0348. The summed E-state index contributed by atoms with van der Waals surface area (Å²) in [4.78, 5) is 12.0. The Hall–Kier alpha value is -2.16. The van der Waals surface area contributed by atoms with Gasteiger partial charge in [-0.05, 0) is 11.6 Å². The maximum absolute atomic E-state index is 13.9. The van der Waals surface area contributed by atoms with E-state index in [1.54, 1.807) is 36.4 Å². The summed E-state index contributed by atoms with van der Waals surface area (Å²) in [7, 11) is 1.40. The molecule has 0 fully saturated rings. The van der Waals surface area contributed by atoms with Crippen molar-refractivity contribution in [3.63, 3.8) is 0 Å². The van der Waals surface area contributed by atoms with Crippen LogP contribution in [0.2, 0.25) is 0 Å². The molecule has 2 aromatic carbocycles. The van der Waals surface area contributed by atoms with Crippen molar-refractivity contribution in [2.75, 3.05) is 7.11 Å². The van der Waals surface area contributed by atoms with E-state index in [1.807, 2.05) is 6.07 Å². The van der Waals surface area contributed by atoms with Crippen molar-refractivity contribution in [3.8, 4) is 5.75 Å². The fraction of sp³-hybridized carbons (Fsp3) is 0.133. The van der Waals surface area contributed by atoms with Gasteiger partial charge in [0.25, 0.3) is 0 Å². The zero-order valence-electron chi connectivity index (χ0n) is 10.0. The fourth-order valence-corrected chi connectivity index (χ4v) is 1.75. The third-order valence-electron chi connectivity index (χ3n) is 2.71. The van der Waals surface area contributed by atoms with E-state index in [0.29, 0.717) is 11.1 Å². The summed E-state index contributed by atoms with van der Waals surface area (Å²) in [5.41, 5.74) is 0.933. The fourth-order valence-electron chi connectivity index (χ4n) is 1.75. The van der Waals surface area contributed by atoms with E-state index in [4.69, 9.17) is 4.74 Å². The van der Waals surface area contributed by atoms with Gasteiger partial charge in [-0.3, -0.25) is 4.79 Å². The second kappa shape index (κ2) is 5.45. The van der Waals surface area contributed by atoms with Crippen molar-refractivity contribution in [2.24, 2.45) is 0 Å². The molecule has 2 aromatic rings. The van der Waals surface area contributed by atoms with Crippen molar-refractivity contribution in [2.45, 2.75) is 6.42 Å². The summed E-state index contributed by atoms with van der Waals surface area (Å²) in [5, 5.41) is 0. The molecule has 0 aromatic heterocycles. The first kappa shape index (κ1) is 12.3. The van der Waals surface area contributed by atoms with Gasteiger partial charge in [0.1, 0.15) is 0 Å². The van der Waals surface area contributed by atoms with Crippen LogP contribution in [-0.2, 0) is 6.42 Å². The second-order valence-electron chi connectivity index (χ2n) is 3.90. The quantitative estimate of drug-likeness (QED) is 0.772. The third-order valence-corrected chi connectivity index (χ3v) is 2.71. The Kier molecular flexibility index (Phi) is 3.72. The number of halogens is 1. The van der Waals surface area contributed by atoms with Crippen LogP contribution in [0.1, 0.15) is 15.9 Å². The van der Waals surface area contributed by atoms with E-state index in [9.17, 15) is 9.18 Å². The summed E-state index contributed by atoms with van der Waals surface area (Å²) < 4.78 is 18.8. The van der Waals surface area contributed by atoms with Crippen LogP contribution in [0.4, 0.5) is 4.39 Å². The second-order valence-corrected chi connectivity index (χ2v) is 3.90. The van der Waals surface area contributed by atoms with Gasteiger partial charge in [0.15, 0.2) is 17.3 Å². The number of ether oxygens (including phenoxy) is 1. The molecule has 18 heavy (non-hydrogen) atoms. The van der Waals surface area contributed by atoms with E-state index in [1.165, 1.54) is 13.2 Å². The van der Waals surface area contributed by atoms with E-state index in [0.717, 1.165) is 0 Å². The number of carbonyl (C=O) groups is 1. The molecule has 0 heterocycles. The minimum atomic E-state index is -0.468. The average molecular weight is 244 g/mol. The SMILES string of the molecule is COc1cccc(CC(=O)c2ccccc2)c1F. The zero-order valence-corrected chi connectivity index (χ0v) is 10.0. The number of ketones is 1. The highest BCUT2D eigenvalue weighted by molar-refractivity contribution is 5.97. The maximum Gasteiger partial charge on any atom is 0.168 e. The van der Waals surface area contributed by atoms with Crippen LogP contribution in [0.15, 0.2) is 48.5 Å². The van der Waals surface area contributed by atoms with Gasteiger partial charge in [-0.25, -0.2) is 4.39 Å². The highest BCUT2D eigenvalue weighted by atomic mass is 19.1. The zero-order chi connectivity index (χ0) is 13.0. The van der Waals surface area contributed by atoms with Gasteiger partial charge < -0.3 is 4.74 Å². The number of rotatable bonds is 4. The Balaban J connectivity index is 2.22. The predicted molar refractivity (Wildman–Crippen MR) is 67.4 cm³/mol. The monoisotopic (exact) mass is 244 g/mol. The first-order valence-electron chi connectivity index (χ1n) is 5.62. The minimum Gasteiger partial charge on any atom is -0.494 e. The Labute approximate surface area is 105 Å². The van der Waals surface area contributed by atoms with Crippen LogP contribution in [-0.4, -0.2) is 12.9 Å². The van der Waals surface area contributed by atoms with E-state index >= 15 is 0 Å². The molecule has 0 saturated heterocycles. The summed E-state index contributed by atoms with van der Waals surface area (Å²) in [6.07, 6.45) is 0.0348. The normalized spacial score (nSPS) is 10.1. The van der Waals surface area contributed by atoms with Crippen LogP contribution in [0, 0.1) is 5.82 Å². The number of hydrogen-bond donors (Lipinski definition) is 0. The molecule has 0 atom stereocenters. The van der Waals surface area contributed by atoms with Crippen LogP contribution in [0.25, 0.3) is 0 Å². The van der Waals surface area contributed by atoms with Crippen molar-refractivity contribution in [1.29, 1.82) is 0 Å². The van der Waals surface area contributed by atoms with E-state index < -0.39 is 5.82 Å². The molecule has 0 aliphatic carbocycles. The number of carbonyl (C=O) groups excluding carboxylic acids is 1. The molecule has 0 saturated carbocycles. The first-order chi connectivity index (χ1) is 8.72. The molecule has 2 rings (SSSR count). The molecular weight excluding hydrogens is 231 g/mol. The molecule has 0 aliphatic heterocycles. The van der Waals surface area contributed by atoms with Gasteiger partial charge in [0.2, 0.25) is 0 Å². The Morgan fingerprint density at radius 2 is 1.83 bits per heavy atom. The van der Waals surface area contributed by atoms with Gasteiger partial charge in [-0.2, -0.15) is 0 Å². The lowest BCUT2D eigenvalue weighted by molar-refractivity contribution is 0.0991. The Morgan fingerprint density at radius 3 is 2.50 bits per heavy atom. The molecule has 0 amide bonds. The summed E-state index contributed by atoms with van der Waals surface area (Å²) in [5.74, 6) is -0.416. The maximum atomic E-state index is 13.9. The molecule has 0 unspecified atom stereocenters. The molecular formula is C15H13FO2. The molecule has 92 valence electrons. The number of methoxy groups -OCH3 is 1. The van der Waals surface area contributed by atoms with Crippen LogP contribution in [0.5, 0.6) is 5.75 Å². The van der Waals surface area contributed by atoms with Crippen LogP contribution < -0.4 is 4.74 Å². The first-order valence-corrected chi connectivity index (χ1v) is 5.62. The molecule has 2 nitrogen and oxygen atoms in total. The highest BCUT2D eigenvalue weighted by Gasteiger charge is 2.13. The van der Waals surface area contributed by atoms with Crippen molar-refractivity contribution in [1.82, 2.24) is 0 Å². The molecule has 3 heteroatoms. The van der Waals surface area contributed by atoms with E-state index in [2.05, 4.69) is 0 Å². The largest absolute Gasteiger partial charge is 0.494 e. The molecule has 0 N–H and O–H groups in total. The smallest absolute Gasteiger partial charge is 0.168 e. The Morgan fingerprint density at radius 1 is 1.11 bits per heavy atom. The summed E-state index contributed by atoms with van der Waals surface area (Å²) >= 11 is 0. The predicted octanol–water partition coefficient (Wildman–Crippen LogP) is 3.26. The van der Waals surface area contributed by atoms with E-state index in [-0.39, 0.29) is 18.0 Å².